The topological polar surface area (TPSA) is 237 Å². The van der Waals surface area contributed by atoms with Gasteiger partial charge in [0, 0.05) is 25.7 Å². The van der Waals surface area contributed by atoms with Crippen molar-refractivity contribution in [3.8, 4) is 0 Å². The Balaban J connectivity index is 5.21. The molecule has 0 rings (SSSR count). The molecule has 17 nitrogen and oxygen atoms in total. The highest BCUT2D eigenvalue weighted by atomic mass is 31.2. The molecule has 94 heavy (non-hydrogen) atoms. The highest BCUT2D eigenvalue weighted by Crippen LogP contribution is 2.45. The van der Waals surface area contributed by atoms with Gasteiger partial charge in [-0.1, -0.05) is 337 Å². The van der Waals surface area contributed by atoms with Crippen molar-refractivity contribution in [2.24, 2.45) is 11.8 Å². The number of phosphoric ester groups is 2. The molecular formula is C75H146O17P2. The number of aliphatic hydroxyl groups is 1. The van der Waals surface area contributed by atoms with Crippen LogP contribution in [0.4, 0.5) is 0 Å². The van der Waals surface area contributed by atoms with Gasteiger partial charge in [-0.05, 0) is 37.5 Å². The Kier molecular flexibility index (Phi) is 65.5. The molecule has 0 saturated heterocycles. The molecule has 0 aliphatic carbocycles. The van der Waals surface area contributed by atoms with Gasteiger partial charge in [0.15, 0.2) is 12.2 Å². The van der Waals surface area contributed by atoms with Gasteiger partial charge in [-0.3, -0.25) is 37.3 Å². The molecule has 0 aromatic rings. The van der Waals surface area contributed by atoms with Crippen LogP contribution in [0.3, 0.4) is 0 Å². The summed E-state index contributed by atoms with van der Waals surface area (Å²) in [4.78, 5) is 72.7. The van der Waals surface area contributed by atoms with Gasteiger partial charge in [0.1, 0.15) is 19.3 Å². The second-order valence-corrected chi connectivity index (χ2v) is 30.9. The first-order chi connectivity index (χ1) is 45.4. The van der Waals surface area contributed by atoms with Crippen LogP contribution < -0.4 is 0 Å². The van der Waals surface area contributed by atoms with E-state index in [2.05, 4.69) is 41.5 Å². The fourth-order valence-electron chi connectivity index (χ4n) is 11.5. The van der Waals surface area contributed by atoms with Crippen LogP contribution >= 0.6 is 15.6 Å². The molecule has 0 aliphatic heterocycles. The van der Waals surface area contributed by atoms with Crippen LogP contribution in [0, 0.1) is 11.8 Å². The maximum absolute atomic E-state index is 13.1. The highest BCUT2D eigenvalue weighted by molar-refractivity contribution is 7.47. The zero-order valence-corrected chi connectivity index (χ0v) is 63.1. The van der Waals surface area contributed by atoms with Crippen LogP contribution in [0.2, 0.25) is 0 Å². The fourth-order valence-corrected chi connectivity index (χ4v) is 13.1. The van der Waals surface area contributed by atoms with Crippen molar-refractivity contribution in [3.63, 3.8) is 0 Å². The number of aliphatic hydroxyl groups excluding tert-OH is 1. The maximum Gasteiger partial charge on any atom is 0.472 e. The smallest absolute Gasteiger partial charge is 0.462 e. The molecule has 0 aliphatic rings. The van der Waals surface area contributed by atoms with Gasteiger partial charge in [0.2, 0.25) is 0 Å². The van der Waals surface area contributed by atoms with Gasteiger partial charge in [-0.15, -0.1) is 0 Å². The molecule has 0 saturated carbocycles. The molecule has 0 amide bonds. The number of unbranched alkanes of at least 4 members (excludes halogenated alkanes) is 44. The summed E-state index contributed by atoms with van der Waals surface area (Å²) in [6.45, 7) is 9.62. The standard InChI is InChI=1S/C75H146O17P2/c1-7-9-11-13-15-17-34-41-47-53-59-74(79)91-70(63-85-72(77)57-51-45-39-31-16-14-12-10-8-2)65-89-93(81,82)87-61-69(76)62-88-94(83,84)90-66-71(64-86-73(78)58-52-46-40-35-29-25-22-21-24-28-33-38-44-50-56-68(5)6)92-75(80)60-54-48-42-36-30-26-20-18-19-23-27-32-37-43-49-55-67(3)4/h67-71,76H,7-66H2,1-6H3,(H,81,82)(H,83,84)/t69-,70+,71+/m0/s1. The average Bonchev–Trinajstić information content (AvgIpc) is 1.32. The molecule has 0 heterocycles. The second-order valence-electron chi connectivity index (χ2n) is 28.0. The Bertz CT molecular complexity index is 1820. The first kappa shape index (κ1) is 92.1. The van der Waals surface area contributed by atoms with Crippen molar-refractivity contribution in [3.05, 3.63) is 0 Å². The summed E-state index contributed by atoms with van der Waals surface area (Å²) < 4.78 is 68.4. The van der Waals surface area contributed by atoms with Crippen LogP contribution in [-0.4, -0.2) is 96.7 Å². The number of esters is 4. The van der Waals surface area contributed by atoms with E-state index in [1.54, 1.807) is 0 Å². The first-order valence-electron chi connectivity index (χ1n) is 39.0. The summed E-state index contributed by atoms with van der Waals surface area (Å²) in [5.41, 5.74) is 0. The molecule has 0 radical (unpaired) electrons. The summed E-state index contributed by atoms with van der Waals surface area (Å²) in [6, 6.07) is 0. The predicted octanol–water partition coefficient (Wildman–Crippen LogP) is 21.9. The molecule has 3 N–H and O–H groups in total. The van der Waals surface area contributed by atoms with Crippen molar-refractivity contribution in [1.82, 2.24) is 0 Å². The molecule has 19 heteroatoms. The van der Waals surface area contributed by atoms with Crippen molar-refractivity contribution < 1.29 is 80.2 Å². The molecule has 0 spiro atoms. The first-order valence-corrected chi connectivity index (χ1v) is 42.0. The largest absolute Gasteiger partial charge is 0.472 e. The van der Waals surface area contributed by atoms with Crippen molar-refractivity contribution in [2.75, 3.05) is 39.6 Å². The van der Waals surface area contributed by atoms with Gasteiger partial charge >= 0.3 is 39.5 Å². The summed E-state index contributed by atoms with van der Waals surface area (Å²) in [5, 5.41) is 10.6. The molecule has 0 bridgehead atoms. The summed E-state index contributed by atoms with van der Waals surface area (Å²) in [6.07, 6.45) is 54.1. The number of rotatable bonds is 74. The number of carbonyl (C=O) groups excluding carboxylic acids is 4. The van der Waals surface area contributed by atoms with E-state index in [9.17, 15) is 43.2 Å². The number of carbonyl (C=O) groups is 4. The van der Waals surface area contributed by atoms with Crippen LogP contribution in [0.15, 0.2) is 0 Å². The minimum Gasteiger partial charge on any atom is -0.462 e. The van der Waals surface area contributed by atoms with Gasteiger partial charge < -0.3 is 33.8 Å². The third-order valence-electron chi connectivity index (χ3n) is 17.5. The van der Waals surface area contributed by atoms with E-state index in [1.807, 2.05) is 0 Å². The molecule has 0 aromatic carbocycles. The quantitative estimate of drug-likeness (QED) is 0.0222. The van der Waals surface area contributed by atoms with Crippen LogP contribution in [0.5, 0.6) is 0 Å². The second kappa shape index (κ2) is 66.9. The summed E-state index contributed by atoms with van der Waals surface area (Å²) >= 11 is 0. The molecule has 558 valence electrons. The average molecular weight is 1380 g/mol. The normalized spacial score (nSPS) is 14.0. The lowest BCUT2D eigenvalue weighted by atomic mass is 10.0. The van der Waals surface area contributed by atoms with E-state index in [4.69, 9.17) is 37.0 Å². The maximum atomic E-state index is 13.1. The van der Waals surface area contributed by atoms with E-state index >= 15 is 0 Å². The number of hydrogen-bond donors (Lipinski definition) is 3. The van der Waals surface area contributed by atoms with Crippen molar-refractivity contribution in [2.45, 2.75) is 407 Å². The van der Waals surface area contributed by atoms with Gasteiger partial charge in [-0.2, -0.15) is 0 Å². The van der Waals surface area contributed by atoms with E-state index in [0.29, 0.717) is 25.7 Å². The molecule has 0 aromatic heterocycles. The molecule has 5 atom stereocenters. The predicted molar refractivity (Wildman–Crippen MR) is 381 cm³/mol. The molecule has 0 fully saturated rings. The van der Waals surface area contributed by atoms with E-state index < -0.39 is 97.5 Å². The fraction of sp³-hybridized carbons (Fsp3) is 0.947. The number of phosphoric acid groups is 2. The lowest BCUT2D eigenvalue weighted by Gasteiger charge is -2.21. The number of hydrogen-bond acceptors (Lipinski definition) is 15. The summed E-state index contributed by atoms with van der Waals surface area (Å²) in [5.74, 6) is -0.516. The zero-order chi connectivity index (χ0) is 69.3. The van der Waals surface area contributed by atoms with Gasteiger partial charge in [0.25, 0.3) is 0 Å². The monoisotopic (exact) mass is 1380 g/mol. The van der Waals surface area contributed by atoms with Crippen LogP contribution in [0.1, 0.15) is 388 Å². The van der Waals surface area contributed by atoms with Gasteiger partial charge in [-0.25, -0.2) is 9.13 Å². The van der Waals surface area contributed by atoms with Crippen LogP contribution in [-0.2, 0) is 65.4 Å². The Morgan fingerprint density at radius 1 is 0.287 bits per heavy atom. The Morgan fingerprint density at radius 2 is 0.489 bits per heavy atom. The lowest BCUT2D eigenvalue weighted by Crippen LogP contribution is -2.30. The third kappa shape index (κ3) is 68.6. The Labute approximate surface area is 575 Å². The molecule has 2 unspecified atom stereocenters. The highest BCUT2D eigenvalue weighted by Gasteiger charge is 2.30. The minimum atomic E-state index is -4.96. The van der Waals surface area contributed by atoms with E-state index in [1.165, 1.54) is 205 Å². The molecular weight excluding hydrogens is 1230 g/mol. The van der Waals surface area contributed by atoms with E-state index in [0.717, 1.165) is 102 Å². The minimum absolute atomic E-state index is 0.106. The Hall–Kier alpha value is -1.94. The van der Waals surface area contributed by atoms with Crippen molar-refractivity contribution >= 4 is 39.5 Å². The lowest BCUT2D eigenvalue weighted by molar-refractivity contribution is -0.161. The SMILES string of the molecule is CCCCCCCCCCCCC(=O)O[C@H](COC(=O)CCCCCCCCCCC)COP(=O)(O)OC[C@H](O)COP(=O)(O)OC[C@@H](COC(=O)CCCCCCCCCCCCCCCCC(C)C)OC(=O)CCCCCCCCCCCCCCCCCC(C)C. The Morgan fingerprint density at radius 3 is 0.723 bits per heavy atom. The van der Waals surface area contributed by atoms with Gasteiger partial charge in [0.05, 0.1) is 26.4 Å². The van der Waals surface area contributed by atoms with E-state index in [-0.39, 0.29) is 25.7 Å². The van der Waals surface area contributed by atoms with Crippen LogP contribution in [0.25, 0.3) is 0 Å². The third-order valence-corrected chi connectivity index (χ3v) is 19.4. The van der Waals surface area contributed by atoms with Crippen molar-refractivity contribution in [1.29, 1.82) is 0 Å². The summed E-state index contributed by atoms with van der Waals surface area (Å²) in [7, 11) is -9.90. The zero-order valence-electron chi connectivity index (χ0n) is 61.3. The number of ether oxygens (including phenoxy) is 4.